The second-order valence-corrected chi connectivity index (χ2v) is 9.94. The van der Waals surface area contributed by atoms with Crippen molar-refractivity contribution in [2.45, 2.75) is 23.0 Å². The van der Waals surface area contributed by atoms with Crippen LogP contribution in [-0.2, 0) is 17.3 Å². The molecule has 0 aliphatic carbocycles. The fraction of sp³-hybridized carbons (Fsp3) is 0.185. The van der Waals surface area contributed by atoms with Crippen LogP contribution in [0.25, 0.3) is 12.2 Å². The lowest BCUT2D eigenvalue weighted by atomic mass is 9.99. The molecular formula is C27H27O2S+. The zero-order valence-electron chi connectivity index (χ0n) is 17.7. The Balaban J connectivity index is 1.63. The molecule has 0 bridgehead atoms. The molecule has 0 saturated heterocycles. The van der Waals surface area contributed by atoms with Gasteiger partial charge in [-0.25, -0.2) is 0 Å². The third-order valence-corrected chi connectivity index (χ3v) is 8.08. The van der Waals surface area contributed by atoms with Crippen molar-refractivity contribution in [3.05, 3.63) is 101 Å². The van der Waals surface area contributed by atoms with Crippen molar-refractivity contribution in [2.75, 3.05) is 14.2 Å². The van der Waals surface area contributed by atoms with Crippen LogP contribution in [0.4, 0.5) is 0 Å². The second-order valence-electron chi connectivity index (χ2n) is 7.62. The van der Waals surface area contributed by atoms with Gasteiger partial charge in [0.25, 0.3) is 0 Å². The number of hydrogen-bond donors (Lipinski definition) is 0. The van der Waals surface area contributed by atoms with Gasteiger partial charge in [-0.1, -0.05) is 48.5 Å². The van der Waals surface area contributed by atoms with E-state index in [2.05, 4.69) is 79.1 Å². The number of ether oxygens (including phenoxy) is 2. The van der Waals surface area contributed by atoms with Crippen molar-refractivity contribution in [3.63, 3.8) is 0 Å². The summed E-state index contributed by atoms with van der Waals surface area (Å²) in [7, 11) is 3.38. The molecular weight excluding hydrogens is 388 g/mol. The van der Waals surface area contributed by atoms with Gasteiger partial charge in [-0.05, 0) is 60.5 Å². The summed E-state index contributed by atoms with van der Waals surface area (Å²) in [5.74, 6) is 1.77. The van der Waals surface area contributed by atoms with Gasteiger partial charge in [-0.3, -0.25) is 0 Å². The lowest BCUT2D eigenvalue weighted by molar-refractivity contribution is 0.414. The fourth-order valence-corrected chi connectivity index (χ4v) is 6.21. The van der Waals surface area contributed by atoms with Crippen molar-refractivity contribution >= 4 is 23.0 Å². The molecule has 4 rings (SSSR count). The minimum Gasteiger partial charge on any atom is -0.497 e. The molecule has 1 aliphatic rings. The molecule has 2 atom stereocenters. The fourth-order valence-electron chi connectivity index (χ4n) is 3.78. The highest BCUT2D eigenvalue weighted by Gasteiger charge is 2.49. The summed E-state index contributed by atoms with van der Waals surface area (Å²) < 4.78 is 10.6. The Morgan fingerprint density at radius 3 is 1.93 bits per heavy atom. The number of fused-ring (bicyclic) bond motifs is 1. The van der Waals surface area contributed by atoms with Gasteiger partial charge >= 0.3 is 0 Å². The van der Waals surface area contributed by atoms with Gasteiger partial charge in [-0.15, -0.1) is 0 Å². The van der Waals surface area contributed by atoms with E-state index >= 15 is 0 Å². The maximum atomic E-state index is 5.28. The van der Waals surface area contributed by atoms with E-state index in [9.17, 15) is 0 Å². The van der Waals surface area contributed by atoms with E-state index in [0.29, 0.717) is 0 Å². The van der Waals surface area contributed by atoms with Gasteiger partial charge in [0.1, 0.15) is 16.9 Å². The lowest BCUT2D eigenvalue weighted by Crippen LogP contribution is -2.28. The number of methoxy groups -OCH3 is 2. The summed E-state index contributed by atoms with van der Waals surface area (Å²) in [5, 5.41) is 2.38. The molecule has 0 fully saturated rings. The molecule has 30 heavy (non-hydrogen) atoms. The van der Waals surface area contributed by atoms with E-state index in [1.165, 1.54) is 21.6 Å². The van der Waals surface area contributed by atoms with Gasteiger partial charge in [0.05, 0.1) is 25.1 Å². The van der Waals surface area contributed by atoms with E-state index in [1.807, 2.05) is 24.3 Å². The predicted molar refractivity (Wildman–Crippen MR) is 128 cm³/mol. The summed E-state index contributed by atoms with van der Waals surface area (Å²) in [6.07, 6.45) is 7.92. The Hall–Kier alpha value is -2.91. The van der Waals surface area contributed by atoms with E-state index in [-0.39, 0.29) is 15.6 Å². The minimum absolute atomic E-state index is 0.0162. The molecule has 1 aliphatic heterocycles. The normalized spacial score (nSPS) is 20.6. The molecule has 0 radical (unpaired) electrons. The molecule has 0 saturated carbocycles. The monoisotopic (exact) mass is 415 g/mol. The summed E-state index contributed by atoms with van der Waals surface area (Å²) >= 11 is 0. The molecule has 0 N–H and O–H groups in total. The maximum absolute atomic E-state index is 5.28. The molecule has 2 unspecified atom stereocenters. The first kappa shape index (κ1) is 20.4. The first-order chi connectivity index (χ1) is 14.6. The molecule has 0 spiro atoms. The van der Waals surface area contributed by atoms with Crippen LogP contribution < -0.4 is 9.47 Å². The summed E-state index contributed by atoms with van der Waals surface area (Å²) in [6, 6.07) is 25.3. The van der Waals surface area contributed by atoms with Crippen molar-refractivity contribution in [1.82, 2.24) is 0 Å². The van der Waals surface area contributed by atoms with Crippen LogP contribution in [0, 0.1) is 0 Å². The Morgan fingerprint density at radius 2 is 1.33 bits per heavy atom. The van der Waals surface area contributed by atoms with Crippen LogP contribution in [0.5, 0.6) is 11.5 Å². The minimum atomic E-state index is -0.0162. The largest absolute Gasteiger partial charge is 0.497 e. The lowest BCUT2D eigenvalue weighted by Gasteiger charge is -2.17. The van der Waals surface area contributed by atoms with Crippen molar-refractivity contribution in [1.29, 1.82) is 0 Å². The maximum Gasteiger partial charge on any atom is 0.164 e. The summed E-state index contributed by atoms with van der Waals surface area (Å²) in [5.41, 5.74) is 3.83. The Bertz CT molecular complexity index is 1050. The van der Waals surface area contributed by atoms with Crippen LogP contribution in [0.2, 0.25) is 0 Å². The summed E-state index contributed by atoms with van der Waals surface area (Å²) in [4.78, 5) is 1.45. The number of rotatable bonds is 6. The van der Waals surface area contributed by atoms with Gasteiger partial charge in [0, 0.05) is 12.0 Å². The van der Waals surface area contributed by atoms with Gasteiger partial charge in [0.2, 0.25) is 0 Å². The Morgan fingerprint density at radius 1 is 0.767 bits per heavy atom. The van der Waals surface area contributed by atoms with Crippen molar-refractivity contribution in [2.24, 2.45) is 0 Å². The Kier molecular flexibility index (Phi) is 6.01. The number of hydrogen-bond acceptors (Lipinski definition) is 2. The predicted octanol–water partition coefficient (Wildman–Crippen LogP) is 6.38. The van der Waals surface area contributed by atoms with Crippen molar-refractivity contribution in [3.8, 4) is 11.5 Å². The van der Waals surface area contributed by atoms with Crippen LogP contribution >= 0.6 is 0 Å². The number of benzene rings is 3. The smallest absolute Gasteiger partial charge is 0.164 e. The van der Waals surface area contributed by atoms with E-state index in [0.717, 1.165) is 17.9 Å². The average molecular weight is 416 g/mol. The van der Waals surface area contributed by atoms with E-state index < -0.39 is 0 Å². The first-order valence-corrected chi connectivity index (χ1v) is 11.4. The highest BCUT2D eigenvalue weighted by atomic mass is 32.2. The SMILES string of the molecule is COc1ccc(C=C[S+]2c3ccccc3CC2(C)C=Cc2ccc(OC)cc2)cc1. The van der Waals surface area contributed by atoms with Crippen molar-refractivity contribution < 1.29 is 9.47 Å². The molecule has 2 nitrogen and oxygen atoms in total. The molecule has 3 heteroatoms. The van der Waals surface area contributed by atoms with E-state index in [1.54, 1.807) is 14.2 Å². The zero-order chi connectivity index (χ0) is 21.0. The molecule has 152 valence electrons. The standard InChI is InChI=1S/C27H27O2S/c1-27(18-16-21-8-12-24(28-2)13-9-21)20-23-6-4-5-7-26(23)30(27)19-17-22-10-14-25(29-3)15-11-22/h4-19H,20H2,1-3H3/q+1. The van der Waals surface area contributed by atoms with Crippen LogP contribution in [0.1, 0.15) is 23.6 Å². The van der Waals surface area contributed by atoms with E-state index in [4.69, 9.17) is 9.47 Å². The van der Waals surface area contributed by atoms with Crippen LogP contribution in [0.3, 0.4) is 0 Å². The molecule has 0 amide bonds. The van der Waals surface area contributed by atoms with Crippen LogP contribution in [-0.4, -0.2) is 19.0 Å². The average Bonchev–Trinajstić information content (AvgIpc) is 3.08. The highest BCUT2D eigenvalue weighted by molar-refractivity contribution is 8.01. The van der Waals surface area contributed by atoms with Gasteiger partial charge in [-0.2, -0.15) is 0 Å². The second kappa shape index (κ2) is 8.85. The molecule has 0 aromatic heterocycles. The van der Waals surface area contributed by atoms with Gasteiger partial charge < -0.3 is 9.47 Å². The third-order valence-electron chi connectivity index (χ3n) is 5.51. The van der Waals surface area contributed by atoms with Gasteiger partial charge in [0.15, 0.2) is 9.64 Å². The Labute approximate surface area is 182 Å². The topological polar surface area (TPSA) is 18.5 Å². The highest BCUT2D eigenvalue weighted by Crippen LogP contribution is 2.43. The quantitative estimate of drug-likeness (QED) is 0.435. The molecule has 3 aromatic carbocycles. The molecule has 1 heterocycles. The third kappa shape index (κ3) is 4.31. The zero-order valence-corrected chi connectivity index (χ0v) is 18.5. The summed E-state index contributed by atoms with van der Waals surface area (Å²) in [6.45, 7) is 2.37. The van der Waals surface area contributed by atoms with Crippen LogP contribution in [0.15, 0.2) is 89.2 Å². The molecule has 3 aromatic rings. The first-order valence-electron chi connectivity index (χ1n) is 10.1.